The highest BCUT2D eigenvalue weighted by Crippen LogP contribution is 2.43. The molecule has 1 aromatic carbocycles. The molecule has 0 unspecified atom stereocenters. The lowest BCUT2D eigenvalue weighted by atomic mass is 10.2. The van der Waals surface area contributed by atoms with Gasteiger partial charge in [-0.1, -0.05) is 12.1 Å². The quantitative estimate of drug-likeness (QED) is 0.441. The molecule has 3 heterocycles. The summed E-state index contributed by atoms with van der Waals surface area (Å²) in [5.41, 5.74) is 2.45. The van der Waals surface area contributed by atoms with Gasteiger partial charge in [-0.05, 0) is 77.6 Å². The van der Waals surface area contributed by atoms with Crippen LogP contribution < -0.4 is 9.80 Å². The first-order valence-electron chi connectivity index (χ1n) is 12.3. The lowest BCUT2D eigenvalue weighted by molar-refractivity contribution is 0.266. The molecule has 0 bridgehead atoms. The highest BCUT2D eigenvalue weighted by molar-refractivity contribution is 5.83. The lowest BCUT2D eigenvalue weighted by Gasteiger charge is -2.28. The Morgan fingerprint density at radius 3 is 1.81 bits per heavy atom. The molecule has 0 amide bonds. The number of rotatable bonds is 8. The second-order valence-corrected chi connectivity index (χ2v) is 9.45. The molecule has 0 N–H and O–H groups in total. The van der Waals surface area contributed by atoms with Crippen molar-refractivity contribution in [3.8, 4) is 6.07 Å². The van der Waals surface area contributed by atoms with E-state index in [1.807, 2.05) is 0 Å². The van der Waals surface area contributed by atoms with E-state index in [0.29, 0.717) is 12.1 Å². The molecule has 2 saturated heterocycles. The molecule has 0 aliphatic carbocycles. The summed E-state index contributed by atoms with van der Waals surface area (Å²) in [6.07, 6.45) is 7.21. The Morgan fingerprint density at radius 1 is 0.938 bits per heavy atom. The molecule has 6 heteroatoms. The first kappa shape index (κ1) is 22.6. The summed E-state index contributed by atoms with van der Waals surface area (Å²) in [6.45, 7) is 18.5. The summed E-state index contributed by atoms with van der Waals surface area (Å²) in [5.74, 6) is 0.785. The van der Waals surface area contributed by atoms with Crippen LogP contribution in [0.25, 0.3) is 4.85 Å². The SMILES string of the molecule is [C-]#[N+]C(C#N)=C1N(CCCN2CCC[C@H]2C)c2ccccc2N1CCCN1CCC[C@H]1C. The highest BCUT2D eigenvalue weighted by Gasteiger charge is 2.34. The van der Waals surface area contributed by atoms with Crippen molar-refractivity contribution >= 4 is 11.4 Å². The predicted molar refractivity (Wildman–Crippen MR) is 130 cm³/mol. The molecular weight excluding hydrogens is 396 g/mol. The number of nitriles is 1. The summed E-state index contributed by atoms with van der Waals surface area (Å²) in [5, 5.41) is 9.78. The van der Waals surface area contributed by atoms with Gasteiger partial charge in [0.05, 0.1) is 24.0 Å². The smallest absolute Gasteiger partial charge is 0.301 e. The maximum Gasteiger partial charge on any atom is 0.301 e. The molecule has 170 valence electrons. The van der Waals surface area contributed by atoms with Gasteiger partial charge in [0.1, 0.15) is 5.82 Å². The normalized spacial score (nSPS) is 23.4. The van der Waals surface area contributed by atoms with E-state index < -0.39 is 0 Å². The van der Waals surface area contributed by atoms with Crippen molar-refractivity contribution < 1.29 is 0 Å². The molecular formula is C26H36N6. The van der Waals surface area contributed by atoms with E-state index in [1.54, 1.807) is 0 Å². The van der Waals surface area contributed by atoms with Gasteiger partial charge >= 0.3 is 5.70 Å². The standard InChI is InChI=1S/C26H36N6/c1-21-10-6-14-29(21)16-8-18-31-24-12-4-5-13-25(24)32(26(31)23(20-27)28-3)19-9-17-30-15-7-11-22(30)2/h4-5,12-13,21-22H,6-11,14-19H2,1-2H3/t21-,22-/m1/s1. The van der Waals surface area contributed by atoms with Gasteiger partial charge in [0.15, 0.2) is 0 Å². The number of allylic oxidation sites excluding steroid dienone is 1. The average Bonchev–Trinajstić information content (AvgIpc) is 3.49. The molecule has 0 radical (unpaired) electrons. The van der Waals surface area contributed by atoms with E-state index in [4.69, 9.17) is 6.57 Å². The Labute approximate surface area is 193 Å². The van der Waals surface area contributed by atoms with E-state index in [1.165, 1.54) is 38.8 Å². The van der Waals surface area contributed by atoms with Crippen molar-refractivity contribution in [1.82, 2.24) is 9.80 Å². The fourth-order valence-electron chi connectivity index (χ4n) is 5.64. The zero-order valence-corrected chi connectivity index (χ0v) is 19.6. The van der Waals surface area contributed by atoms with E-state index in [0.717, 1.165) is 56.2 Å². The molecule has 0 aromatic heterocycles. The number of anilines is 2. The monoisotopic (exact) mass is 432 g/mol. The zero-order chi connectivity index (χ0) is 22.5. The van der Waals surface area contributed by atoms with Gasteiger partial charge in [0, 0.05) is 38.3 Å². The Balaban J connectivity index is 1.51. The number of likely N-dealkylation sites (tertiary alicyclic amines) is 2. The first-order valence-corrected chi connectivity index (χ1v) is 12.3. The first-order chi connectivity index (χ1) is 15.6. The number of hydrogen-bond donors (Lipinski definition) is 0. The topological polar surface area (TPSA) is 41.1 Å². The van der Waals surface area contributed by atoms with Crippen molar-refractivity contribution in [1.29, 1.82) is 5.26 Å². The third-order valence-electron chi connectivity index (χ3n) is 7.44. The molecule has 1 aromatic rings. The highest BCUT2D eigenvalue weighted by atomic mass is 15.4. The van der Waals surface area contributed by atoms with Gasteiger partial charge in [-0.15, -0.1) is 0 Å². The van der Waals surface area contributed by atoms with Gasteiger partial charge in [-0.3, -0.25) is 0 Å². The Bertz CT molecular complexity index is 839. The minimum absolute atomic E-state index is 0.199. The van der Waals surface area contributed by atoms with Crippen LogP contribution in [0.1, 0.15) is 52.4 Å². The molecule has 4 rings (SSSR count). The van der Waals surface area contributed by atoms with Crippen LogP contribution in [0.4, 0.5) is 11.4 Å². The maximum absolute atomic E-state index is 9.78. The van der Waals surface area contributed by atoms with Crippen molar-refractivity contribution in [2.45, 2.75) is 64.5 Å². The molecule has 3 aliphatic heterocycles. The van der Waals surface area contributed by atoms with E-state index in [2.05, 4.69) is 68.6 Å². The fourth-order valence-corrected chi connectivity index (χ4v) is 5.64. The maximum atomic E-state index is 9.78. The van der Waals surface area contributed by atoms with Crippen LogP contribution in [0.3, 0.4) is 0 Å². The Hall–Kier alpha value is -2.54. The van der Waals surface area contributed by atoms with Crippen molar-refractivity contribution in [3.63, 3.8) is 0 Å². The summed E-state index contributed by atoms with van der Waals surface area (Å²) in [7, 11) is 0. The Kier molecular flexibility index (Phi) is 7.35. The molecule has 32 heavy (non-hydrogen) atoms. The minimum atomic E-state index is 0.199. The molecule has 3 aliphatic rings. The molecule has 2 atom stereocenters. The summed E-state index contributed by atoms with van der Waals surface area (Å²) in [6, 6.07) is 11.9. The average molecular weight is 433 g/mol. The summed E-state index contributed by atoms with van der Waals surface area (Å²) < 4.78 is 0. The van der Waals surface area contributed by atoms with Crippen molar-refractivity contribution in [2.75, 3.05) is 49.1 Å². The summed E-state index contributed by atoms with van der Waals surface area (Å²) in [4.78, 5) is 13.2. The van der Waals surface area contributed by atoms with Crippen molar-refractivity contribution in [2.24, 2.45) is 0 Å². The molecule has 0 spiro atoms. The largest absolute Gasteiger partial charge is 0.334 e. The predicted octanol–water partition coefficient (Wildman–Crippen LogP) is 4.67. The van der Waals surface area contributed by atoms with Gasteiger partial charge in [-0.2, -0.15) is 0 Å². The third kappa shape index (κ3) is 4.63. The zero-order valence-electron chi connectivity index (χ0n) is 19.6. The number of benzene rings is 1. The van der Waals surface area contributed by atoms with Crippen LogP contribution in [0.2, 0.25) is 0 Å². The van der Waals surface area contributed by atoms with Crippen LogP contribution in [-0.4, -0.2) is 61.2 Å². The number of nitrogens with zero attached hydrogens (tertiary/aromatic N) is 6. The minimum Gasteiger partial charge on any atom is -0.334 e. The number of para-hydroxylation sites is 2. The molecule has 6 nitrogen and oxygen atoms in total. The van der Waals surface area contributed by atoms with Gasteiger partial charge in [-0.25, -0.2) is 10.1 Å². The lowest BCUT2D eigenvalue weighted by Crippen LogP contribution is -2.35. The van der Waals surface area contributed by atoms with E-state index in [9.17, 15) is 5.26 Å². The van der Waals surface area contributed by atoms with E-state index >= 15 is 0 Å². The second kappa shape index (κ2) is 10.4. The van der Waals surface area contributed by atoms with Crippen LogP contribution in [0.5, 0.6) is 0 Å². The fraction of sp³-hybridized carbons (Fsp3) is 0.615. The van der Waals surface area contributed by atoms with Crippen LogP contribution in [0, 0.1) is 17.9 Å². The van der Waals surface area contributed by atoms with Crippen molar-refractivity contribution in [3.05, 3.63) is 47.2 Å². The molecule has 2 fully saturated rings. The summed E-state index contributed by atoms with van der Waals surface area (Å²) >= 11 is 0. The van der Waals surface area contributed by atoms with Crippen LogP contribution >= 0.6 is 0 Å². The van der Waals surface area contributed by atoms with Gasteiger partial charge in [0.2, 0.25) is 0 Å². The van der Waals surface area contributed by atoms with Crippen LogP contribution in [0.15, 0.2) is 35.8 Å². The number of fused-ring (bicyclic) bond motifs is 1. The third-order valence-corrected chi connectivity index (χ3v) is 7.44. The number of hydrogen-bond acceptors (Lipinski definition) is 5. The Morgan fingerprint density at radius 2 is 1.44 bits per heavy atom. The molecule has 0 saturated carbocycles. The van der Waals surface area contributed by atoms with E-state index in [-0.39, 0.29) is 5.70 Å². The second-order valence-electron chi connectivity index (χ2n) is 9.45. The van der Waals surface area contributed by atoms with Gasteiger partial charge in [0.25, 0.3) is 0 Å². The van der Waals surface area contributed by atoms with Crippen LogP contribution in [-0.2, 0) is 0 Å². The van der Waals surface area contributed by atoms with Gasteiger partial charge < -0.3 is 19.6 Å².